The van der Waals surface area contributed by atoms with Gasteiger partial charge in [0.1, 0.15) is 0 Å². The molecule has 0 radical (unpaired) electrons. The molecule has 3 aliphatic rings. The van der Waals surface area contributed by atoms with Gasteiger partial charge in [0.2, 0.25) is 0 Å². The third-order valence-electron chi connectivity index (χ3n) is 3.14. The zero-order valence-electron chi connectivity index (χ0n) is 7.98. The molecule has 3 rings (SSSR count). The Morgan fingerprint density at radius 2 is 2.07 bits per heavy atom. The molecule has 0 amide bonds. The van der Waals surface area contributed by atoms with Crippen LogP contribution in [-0.2, 0) is 0 Å². The van der Waals surface area contributed by atoms with Gasteiger partial charge in [0.05, 0.1) is 6.42 Å². The maximum Gasteiger partial charge on any atom is 0.390 e. The van der Waals surface area contributed by atoms with Gasteiger partial charge in [-0.15, -0.1) is 0 Å². The second kappa shape index (κ2) is 3.70. The number of halogens is 3. The molecule has 0 aromatic heterocycles. The summed E-state index contributed by atoms with van der Waals surface area (Å²) in [5.74, 6) is 0. The molecule has 0 saturated carbocycles. The zero-order valence-corrected chi connectivity index (χ0v) is 7.98. The normalized spacial score (nSPS) is 33.6. The van der Waals surface area contributed by atoms with E-state index < -0.39 is 12.6 Å². The van der Waals surface area contributed by atoms with E-state index in [2.05, 4.69) is 5.32 Å². The van der Waals surface area contributed by atoms with Crippen LogP contribution in [0.15, 0.2) is 0 Å². The molecule has 5 heteroatoms. The minimum absolute atomic E-state index is 0.173. The highest BCUT2D eigenvalue weighted by Crippen LogP contribution is 2.25. The number of nitrogens with zero attached hydrogens (tertiary/aromatic N) is 1. The van der Waals surface area contributed by atoms with E-state index in [-0.39, 0.29) is 6.54 Å². The van der Waals surface area contributed by atoms with Crippen molar-refractivity contribution in [2.24, 2.45) is 0 Å². The van der Waals surface area contributed by atoms with E-state index >= 15 is 0 Å². The maximum atomic E-state index is 12.0. The summed E-state index contributed by atoms with van der Waals surface area (Å²) in [5.41, 5.74) is 0. The molecule has 2 bridgehead atoms. The largest absolute Gasteiger partial charge is 0.390 e. The van der Waals surface area contributed by atoms with Crippen molar-refractivity contribution in [2.45, 2.75) is 37.5 Å². The molecule has 0 aromatic rings. The van der Waals surface area contributed by atoms with E-state index in [1.54, 1.807) is 0 Å². The molecule has 0 aliphatic carbocycles. The van der Waals surface area contributed by atoms with E-state index in [9.17, 15) is 13.2 Å². The highest BCUT2D eigenvalue weighted by molar-refractivity contribution is 4.92. The summed E-state index contributed by atoms with van der Waals surface area (Å²) in [6.07, 6.45) is -2.51. The van der Waals surface area contributed by atoms with Crippen molar-refractivity contribution < 1.29 is 13.2 Å². The first kappa shape index (κ1) is 10.2. The minimum atomic E-state index is -4.01. The van der Waals surface area contributed by atoms with Crippen LogP contribution in [0, 0.1) is 0 Å². The Balaban J connectivity index is 1.81. The lowest BCUT2D eigenvalue weighted by atomic mass is 9.93. The molecule has 2 atom stereocenters. The van der Waals surface area contributed by atoms with Crippen LogP contribution in [0.4, 0.5) is 13.2 Å². The van der Waals surface area contributed by atoms with Crippen LogP contribution in [0.2, 0.25) is 0 Å². The molecular formula is C9H15F3N2. The SMILES string of the molecule is FC(F)(F)CCN1CC2CCC1CN2. The topological polar surface area (TPSA) is 15.3 Å². The van der Waals surface area contributed by atoms with Crippen LogP contribution in [0.3, 0.4) is 0 Å². The zero-order chi connectivity index (χ0) is 10.2. The molecule has 2 nitrogen and oxygen atoms in total. The first-order chi connectivity index (χ1) is 6.54. The van der Waals surface area contributed by atoms with E-state index in [1.165, 1.54) is 0 Å². The van der Waals surface area contributed by atoms with Crippen LogP contribution in [0.1, 0.15) is 19.3 Å². The van der Waals surface area contributed by atoms with Crippen molar-refractivity contribution in [1.29, 1.82) is 0 Å². The highest BCUT2D eigenvalue weighted by Gasteiger charge is 2.35. The van der Waals surface area contributed by atoms with Gasteiger partial charge in [-0.2, -0.15) is 13.2 Å². The lowest BCUT2D eigenvalue weighted by Crippen LogP contribution is -2.61. The quantitative estimate of drug-likeness (QED) is 0.737. The monoisotopic (exact) mass is 208 g/mol. The molecule has 3 heterocycles. The molecular weight excluding hydrogens is 193 g/mol. The number of fused-ring (bicyclic) bond motifs is 3. The Kier molecular flexibility index (Phi) is 2.70. The van der Waals surface area contributed by atoms with Crippen molar-refractivity contribution in [1.82, 2.24) is 10.2 Å². The predicted molar refractivity (Wildman–Crippen MR) is 47.1 cm³/mol. The van der Waals surface area contributed by atoms with Crippen molar-refractivity contribution in [3.8, 4) is 0 Å². The minimum Gasteiger partial charge on any atom is -0.311 e. The summed E-state index contributed by atoms with van der Waals surface area (Å²) in [5, 5.41) is 3.32. The Morgan fingerprint density at radius 1 is 1.29 bits per heavy atom. The van der Waals surface area contributed by atoms with Crippen molar-refractivity contribution in [3.05, 3.63) is 0 Å². The van der Waals surface area contributed by atoms with Crippen molar-refractivity contribution in [2.75, 3.05) is 19.6 Å². The summed E-state index contributed by atoms with van der Waals surface area (Å²) >= 11 is 0. The van der Waals surface area contributed by atoms with Crippen LogP contribution < -0.4 is 5.32 Å². The number of piperazine rings is 1. The van der Waals surface area contributed by atoms with E-state index in [1.807, 2.05) is 4.90 Å². The van der Waals surface area contributed by atoms with Gasteiger partial charge in [0.15, 0.2) is 0 Å². The molecule has 2 unspecified atom stereocenters. The molecule has 3 fully saturated rings. The lowest BCUT2D eigenvalue weighted by Gasteiger charge is -2.46. The van der Waals surface area contributed by atoms with Gasteiger partial charge in [-0.3, -0.25) is 4.90 Å². The average molecular weight is 208 g/mol. The fourth-order valence-electron chi connectivity index (χ4n) is 2.34. The molecule has 14 heavy (non-hydrogen) atoms. The van der Waals surface area contributed by atoms with Gasteiger partial charge in [-0.05, 0) is 12.8 Å². The average Bonchev–Trinajstić information content (AvgIpc) is 2.16. The Hall–Kier alpha value is -0.290. The van der Waals surface area contributed by atoms with Crippen molar-refractivity contribution in [3.63, 3.8) is 0 Å². The maximum absolute atomic E-state index is 12.0. The van der Waals surface area contributed by atoms with Crippen LogP contribution in [0.5, 0.6) is 0 Å². The third kappa shape index (κ3) is 2.39. The van der Waals surface area contributed by atoms with Gasteiger partial charge < -0.3 is 5.32 Å². The summed E-state index contributed by atoms with van der Waals surface area (Å²) in [4.78, 5) is 1.98. The number of hydrogen-bond acceptors (Lipinski definition) is 2. The molecule has 1 N–H and O–H groups in total. The second-order valence-electron chi connectivity index (χ2n) is 4.20. The summed E-state index contributed by atoms with van der Waals surface area (Å²) in [7, 11) is 0. The Morgan fingerprint density at radius 3 is 2.50 bits per heavy atom. The first-order valence-electron chi connectivity index (χ1n) is 5.09. The van der Waals surface area contributed by atoms with Gasteiger partial charge in [-0.25, -0.2) is 0 Å². The lowest BCUT2D eigenvalue weighted by molar-refractivity contribution is -0.141. The Bertz CT molecular complexity index is 197. The van der Waals surface area contributed by atoms with Gasteiger partial charge in [-0.1, -0.05) is 0 Å². The van der Waals surface area contributed by atoms with Crippen LogP contribution >= 0.6 is 0 Å². The number of hydrogen-bond donors (Lipinski definition) is 1. The van der Waals surface area contributed by atoms with Gasteiger partial charge >= 0.3 is 6.18 Å². The number of rotatable bonds is 2. The molecule has 0 aromatic carbocycles. The molecule has 0 spiro atoms. The Labute approximate surface area is 81.5 Å². The summed E-state index contributed by atoms with van der Waals surface area (Å²) < 4.78 is 36.0. The number of alkyl halides is 3. The van der Waals surface area contributed by atoms with E-state index in [4.69, 9.17) is 0 Å². The van der Waals surface area contributed by atoms with Crippen LogP contribution in [-0.4, -0.2) is 42.8 Å². The summed E-state index contributed by atoms with van der Waals surface area (Å²) in [6, 6.07) is 0.760. The first-order valence-corrected chi connectivity index (χ1v) is 5.09. The van der Waals surface area contributed by atoms with Crippen molar-refractivity contribution >= 4 is 0 Å². The number of piperidine rings is 2. The fourth-order valence-corrected chi connectivity index (χ4v) is 2.34. The number of nitrogens with one attached hydrogen (secondary N) is 1. The molecule has 82 valence electrons. The van der Waals surface area contributed by atoms with Crippen LogP contribution in [0.25, 0.3) is 0 Å². The van der Waals surface area contributed by atoms with Gasteiger partial charge in [0.25, 0.3) is 0 Å². The molecule has 3 saturated heterocycles. The highest BCUT2D eigenvalue weighted by atomic mass is 19.4. The molecule has 3 aliphatic heterocycles. The van der Waals surface area contributed by atoms with Gasteiger partial charge in [0, 0.05) is 31.7 Å². The smallest absolute Gasteiger partial charge is 0.311 e. The van der Waals surface area contributed by atoms with E-state index in [0.29, 0.717) is 12.1 Å². The third-order valence-corrected chi connectivity index (χ3v) is 3.14. The predicted octanol–water partition coefficient (Wildman–Crippen LogP) is 1.37. The fraction of sp³-hybridized carbons (Fsp3) is 1.00. The van der Waals surface area contributed by atoms with E-state index in [0.717, 1.165) is 25.9 Å². The standard InChI is InChI=1S/C9H15F3N2/c10-9(11,12)3-4-14-6-7-1-2-8(14)5-13-7/h7-8,13H,1-6H2. The second-order valence-corrected chi connectivity index (χ2v) is 4.20. The summed E-state index contributed by atoms with van der Waals surface area (Å²) in [6.45, 7) is 1.83.